The molecule has 24 heavy (non-hydrogen) atoms. The minimum atomic E-state index is -0.972. The van der Waals surface area contributed by atoms with Crippen LogP contribution in [0.25, 0.3) is 11.1 Å². The van der Waals surface area contributed by atoms with Crippen LogP contribution in [-0.4, -0.2) is 36.2 Å². The van der Waals surface area contributed by atoms with Gasteiger partial charge in [0.15, 0.2) is 0 Å². The van der Waals surface area contributed by atoms with Gasteiger partial charge in [-0.15, -0.1) is 0 Å². The van der Waals surface area contributed by atoms with Gasteiger partial charge in [0, 0.05) is 5.92 Å². The second kappa shape index (κ2) is 6.84. The largest absolute Gasteiger partial charge is 0.449 e. The highest BCUT2D eigenvalue weighted by Crippen LogP contribution is 2.44. The summed E-state index contributed by atoms with van der Waals surface area (Å²) in [6.45, 7) is 1.61. The number of carbonyl (C=O) groups excluding carboxylic acids is 2. The molecule has 2 aromatic carbocycles. The molecule has 124 valence electrons. The van der Waals surface area contributed by atoms with Crippen LogP contribution in [0.3, 0.4) is 0 Å². The number of hydrogen-bond donors (Lipinski definition) is 2. The van der Waals surface area contributed by atoms with E-state index in [9.17, 15) is 14.7 Å². The average molecular weight is 325 g/mol. The zero-order valence-corrected chi connectivity index (χ0v) is 13.3. The number of aldehydes is 1. The molecule has 1 aliphatic rings. The highest BCUT2D eigenvalue weighted by Gasteiger charge is 2.29. The fourth-order valence-electron chi connectivity index (χ4n) is 3.04. The number of nitrogens with one attached hydrogen (secondary N) is 1. The molecule has 1 aliphatic carbocycles. The molecule has 0 aromatic heterocycles. The number of aliphatic hydroxyl groups excluding tert-OH is 1. The fraction of sp³-hybridized carbons (Fsp3) is 0.263. The summed E-state index contributed by atoms with van der Waals surface area (Å²) in [6.07, 6.45) is -1.19. The topological polar surface area (TPSA) is 75.6 Å². The summed E-state index contributed by atoms with van der Waals surface area (Å²) >= 11 is 0. The maximum absolute atomic E-state index is 11.9. The first-order chi connectivity index (χ1) is 11.6. The fourth-order valence-corrected chi connectivity index (χ4v) is 3.04. The Morgan fingerprint density at radius 3 is 2.21 bits per heavy atom. The van der Waals surface area contributed by atoms with Gasteiger partial charge in [-0.3, -0.25) is 0 Å². The van der Waals surface area contributed by atoms with Crippen LogP contribution in [0.5, 0.6) is 0 Å². The number of amides is 1. The first-order valence-electron chi connectivity index (χ1n) is 7.86. The molecule has 2 atom stereocenters. The smallest absolute Gasteiger partial charge is 0.407 e. The van der Waals surface area contributed by atoms with Gasteiger partial charge in [-0.25, -0.2) is 4.79 Å². The predicted molar refractivity (Wildman–Crippen MR) is 89.7 cm³/mol. The minimum absolute atomic E-state index is 0.0376. The van der Waals surface area contributed by atoms with E-state index in [0.29, 0.717) is 6.29 Å². The van der Waals surface area contributed by atoms with Crippen molar-refractivity contribution in [3.05, 3.63) is 59.7 Å². The molecule has 0 saturated heterocycles. The molecule has 2 N–H and O–H groups in total. The van der Waals surface area contributed by atoms with E-state index < -0.39 is 18.2 Å². The van der Waals surface area contributed by atoms with Crippen LogP contribution in [0, 0.1) is 0 Å². The van der Waals surface area contributed by atoms with E-state index in [4.69, 9.17) is 4.74 Å². The lowest BCUT2D eigenvalue weighted by molar-refractivity contribution is -0.111. The van der Waals surface area contributed by atoms with Gasteiger partial charge < -0.3 is 20.0 Å². The number of hydrogen-bond acceptors (Lipinski definition) is 4. The Morgan fingerprint density at radius 2 is 1.71 bits per heavy atom. The Kier molecular flexibility index (Phi) is 4.62. The van der Waals surface area contributed by atoms with Crippen LogP contribution in [-0.2, 0) is 9.53 Å². The van der Waals surface area contributed by atoms with Crippen molar-refractivity contribution in [1.29, 1.82) is 0 Å². The number of alkyl carbamates (subject to hydrolysis) is 1. The quantitative estimate of drug-likeness (QED) is 0.828. The molecule has 0 heterocycles. The van der Waals surface area contributed by atoms with E-state index in [1.807, 2.05) is 36.4 Å². The van der Waals surface area contributed by atoms with Crippen molar-refractivity contribution >= 4 is 12.4 Å². The standard InChI is InChI=1S/C19H19NO4/c1-12(22)18(10-21)20-19(23)24-11-17-15-8-4-2-6-13(15)14-7-3-5-9-16(14)17/h2-10,12,17-18,22H,11H2,1H3,(H,20,23). The summed E-state index contributed by atoms with van der Waals surface area (Å²) in [5.74, 6) is -0.0376. The van der Waals surface area contributed by atoms with E-state index in [2.05, 4.69) is 17.4 Å². The maximum atomic E-state index is 11.9. The first kappa shape index (κ1) is 16.2. The Balaban J connectivity index is 1.74. The number of rotatable bonds is 5. The van der Waals surface area contributed by atoms with Crippen molar-refractivity contribution in [2.24, 2.45) is 0 Å². The maximum Gasteiger partial charge on any atom is 0.407 e. The number of benzene rings is 2. The summed E-state index contributed by atoms with van der Waals surface area (Å²) in [7, 11) is 0. The first-order valence-corrected chi connectivity index (χ1v) is 7.86. The molecule has 0 fully saturated rings. The summed E-state index contributed by atoms with van der Waals surface area (Å²) in [4.78, 5) is 22.7. The Hall–Kier alpha value is -2.66. The lowest BCUT2D eigenvalue weighted by atomic mass is 9.98. The molecule has 5 heteroatoms. The van der Waals surface area contributed by atoms with E-state index in [1.165, 1.54) is 6.92 Å². The third-order valence-corrected chi connectivity index (χ3v) is 4.29. The number of ether oxygens (including phenoxy) is 1. The molecular formula is C19H19NO4. The molecule has 0 saturated carbocycles. The lowest BCUT2D eigenvalue weighted by Gasteiger charge is -2.17. The number of carbonyl (C=O) groups is 2. The van der Waals surface area contributed by atoms with Crippen LogP contribution in [0.4, 0.5) is 4.79 Å². The normalized spacial score (nSPS) is 15.1. The Morgan fingerprint density at radius 1 is 1.17 bits per heavy atom. The van der Waals surface area contributed by atoms with Crippen molar-refractivity contribution < 1.29 is 19.4 Å². The molecule has 1 amide bonds. The van der Waals surface area contributed by atoms with E-state index in [0.717, 1.165) is 22.3 Å². The molecule has 2 unspecified atom stereocenters. The van der Waals surface area contributed by atoms with Crippen LogP contribution in [0.15, 0.2) is 48.5 Å². The van der Waals surface area contributed by atoms with Gasteiger partial charge in [-0.1, -0.05) is 48.5 Å². The van der Waals surface area contributed by atoms with Crippen LogP contribution >= 0.6 is 0 Å². The molecule has 5 nitrogen and oxygen atoms in total. The third-order valence-electron chi connectivity index (χ3n) is 4.29. The summed E-state index contributed by atoms with van der Waals surface area (Å²) in [6, 6.07) is 15.1. The Labute approximate surface area is 140 Å². The van der Waals surface area contributed by atoms with E-state index in [-0.39, 0.29) is 12.5 Å². The summed E-state index contributed by atoms with van der Waals surface area (Å²) in [5.41, 5.74) is 4.54. The SMILES string of the molecule is CC(O)C(C=O)NC(=O)OCC1c2ccccc2-c2ccccc21. The lowest BCUT2D eigenvalue weighted by Crippen LogP contribution is -2.43. The summed E-state index contributed by atoms with van der Waals surface area (Å²) in [5, 5.41) is 11.8. The van der Waals surface area contributed by atoms with Crippen molar-refractivity contribution in [3.8, 4) is 11.1 Å². The van der Waals surface area contributed by atoms with Gasteiger partial charge in [0.2, 0.25) is 0 Å². The molecule has 0 radical (unpaired) electrons. The summed E-state index contributed by atoms with van der Waals surface area (Å²) < 4.78 is 5.30. The van der Waals surface area contributed by atoms with Gasteiger partial charge >= 0.3 is 6.09 Å². The second-order valence-corrected chi connectivity index (χ2v) is 5.87. The van der Waals surface area contributed by atoms with Crippen LogP contribution < -0.4 is 5.32 Å². The van der Waals surface area contributed by atoms with Crippen molar-refractivity contribution in [2.45, 2.75) is 25.0 Å². The third kappa shape index (κ3) is 3.03. The molecule has 0 aliphatic heterocycles. The monoisotopic (exact) mass is 325 g/mol. The predicted octanol–water partition coefficient (Wildman–Crippen LogP) is 2.47. The van der Waals surface area contributed by atoms with Crippen molar-refractivity contribution in [3.63, 3.8) is 0 Å². The minimum Gasteiger partial charge on any atom is -0.449 e. The van der Waals surface area contributed by atoms with Crippen LogP contribution in [0.1, 0.15) is 24.0 Å². The zero-order chi connectivity index (χ0) is 17.1. The van der Waals surface area contributed by atoms with Crippen LogP contribution in [0.2, 0.25) is 0 Å². The molecule has 0 bridgehead atoms. The van der Waals surface area contributed by atoms with Gasteiger partial charge in [0.25, 0.3) is 0 Å². The van der Waals surface area contributed by atoms with Crippen molar-refractivity contribution in [1.82, 2.24) is 5.32 Å². The molecular weight excluding hydrogens is 306 g/mol. The van der Waals surface area contributed by atoms with Gasteiger partial charge in [0.05, 0.1) is 6.10 Å². The Bertz CT molecular complexity index is 711. The van der Waals surface area contributed by atoms with Gasteiger partial charge in [0.1, 0.15) is 18.9 Å². The molecule has 3 rings (SSSR count). The van der Waals surface area contributed by atoms with Crippen molar-refractivity contribution in [2.75, 3.05) is 6.61 Å². The average Bonchev–Trinajstić information content (AvgIpc) is 2.91. The number of aliphatic hydroxyl groups is 1. The van der Waals surface area contributed by atoms with E-state index >= 15 is 0 Å². The van der Waals surface area contributed by atoms with Gasteiger partial charge in [-0.2, -0.15) is 0 Å². The highest BCUT2D eigenvalue weighted by molar-refractivity contribution is 5.79. The molecule has 0 spiro atoms. The number of fused-ring (bicyclic) bond motifs is 3. The van der Waals surface area contributed by atoms with Gasteiger partial charge in [-0.05, 0) is 29.2 Å². The van der Waals surface area contributed by atoms with E-state index in [1.54, 1.807) is 0 Å². The highest BCUT2D eigenvalue weighted by atomic mass is 16.5. The molecule has 2 aromatic rings. The second-order valence-electron chi connectivity index (χ2n) is 5.87. The zero-order valence-electron chi connectivity index (χ0n) is 13.3.